The number of nitrogens with zero attached hydrogens (tertiary/aromatic N) is 4. The van der Waals surface area contributed by atoms with Crippen LogP contribution in [-0.4, -0.2) is 19.5 Å². The van der Waals surface area contributed by atoms with Crippen LogP contribution in [0.3, 0.4) is 0 Å². The average Bonchev–Trinajstić information content (AvgIpc) is 3.54. The van der Waals surface area contributed by atoms with E-state index in [1.54, 1.807) is 0 Å². The van der Waals surface area contributed by atoms with E-state index in [0.717, 1.165) is 72.6 Å². The van der Waals surface area contributed by atoms with Gasteiger partial charge in [0, 0.05) is 22.4 Å². The highest BCUT2D eigenvalue weighted by Gasteiger charge is 2.18. The number of hydrogen-bond donors (Lipinski definition) is 0. The molecule has 0 spiro atoms. The zero-order valence-electron chi connectivity index (χ0n) is 25.5. The molecule has 0 saturated carbocycles. The Balaban J connectivity index is 1.18. The van der Waals surface area contributed by atoms with Crippen molar-refractivity contribution in [3.63, 3.8) is 0 Å². The van der Waals surface area contributed by atoms with E-state index in [0.29, 0.717) is 0 Å². The van der Waals surface area contributed by atoms with Crippen molar-refractivity contribution in [3.8, 4) is 50.7 Å². The molecule has 47 heavy (non-hydrogen) atoms. The van der Waals surface area contributed by atoms with Gasteiger partial charge in [-0.2, -0.15) is 0 Å². The van der Waals surface area contributed by atoms with Crippen LogP contribution in [-0.2, 0) is 0 Å². The lowest BCUT2D eigenvalue weighted by Crippen LogP contribution is -1.97. The summed E-state index contributed by atoms with van der Waals surface area (Å²) in [7, 11) is 0. The second-order valence-electron chi connectivity index (χ2n) is 11.7. The monoisotopic (exact) mass is 600 g/mol. The molecule has 0 aliphatic carbocycles. The minimum absolute atomic E-state index is 0.882. The molecule has 220 valence electrons. The average molecular weight is 601 g/mol. The zero-order chi connectivity index (χ0) is 31.2. The van der Waals surface area contributed by atoms with Gasteiger partial charge in [0.05, 0.1) is 33.5 Å². The summed E-state index contributed by atoms with van der Waals surface area (Å²) in [5, 5.41) is 2.31. The maximum atomic E-state index is 5.20. The third kappa shape index (κ3) is 4.66. The molecule has 0 aliphatic rings. The molecule has 0 aliphatic heterocycles. The number of hydrogen-bond acceptors (Lipinski definition) is 3. The van der Waals surface area contributed by atoms with Crippen LogP contribution in [0.5, 0.6) is 0 Å². The highest BCUT2D eigenvalue weighted by atomic mass is 15.1. The predicted octanol–water partition coefficient (Wildman–Crippen LogP) is 10.8. The van der Waals surface area contributed by atoms with Gasteiger partial charge >= 0.3 is 0 Å². The van der Waals surface area contributed by atoms with Crippen LogP contribution in [0.2, 0.25) is 0 Å². The Hall–Kier alpha value is -6.39. The molecule has 0 unspecified atom stereocenters. The van der Waals surface area contributed by atoms with Gasteiger partial charge in [-0.3, -0.25) is 4.57 Å². The zero-order valence-corrected chi connectivity index (χ0v) is 25.5. The first-order chi connectivity index (χ1) is 23.3. The number of benzene rings is 7. The van der Waals surface area contributed by atoms with Crippen molar-refractivity contribution in [2.24, 2.45) is 0 Å². The first kappa shape index (κ1) is 27.0. The normalized spacial score (nSPS) is 11.4. The first-order valence-corrected chi connectivity index (χ1v) is 15.8. The molecule has 0 amide bonds. The molecule has 4 heteroatoms. The minimum atomic E-state index is 0.882. The van der Waals surface area contributed by atoms with Crippen molar-refractivity contribution >= 4 is 32.8 Å². The van der Waals surface area contributed by atoms with E-state index in [1.807, 2.05) is 42.5 Å². The summed E-state index contributed by atoms with van der Waals surface area (Å²) in [6, 6.07) is 59.0. The molecular weight excluding hydrogens is 573 g/mol. The summed E-state index contributed by atoms with van der Waals surface area (Å²) in [6.07, 6.45) is 0. The highest BCUT2D eigenvalue weighted by Crippen LogP contribution is 2.39. The van der Waals surface area contributed by atoms with E-state index >= 15 is 0 Å². The fourth-order valence-corrected chi connectivity index (χ4v) is 6.60. The van der Waals surface area contributed by atoms with Crippen molar-refractivity contribution in [2.75, 3.05) is 0 Å². The van der Waals surface area contributed by atoms with Crippen LogP contribution in [0.25, 0.3) is 83.6 Å². The quantitative estimate of drug-likeness (QED) is 0.197. The molecule has 9 aromatic rings. The topological polar surface area (TPSA) is 43.6 Å². The van der Waals surface area contributed by atoms with Gasteiger partial charge in [0.2, 0.25) is 0 Å². The second-order valence-corrected chi connectivity index (χ2v) is 11.7. The molecule has 0 fully saturated rings. The summed E-state index contributed by atoms with van der Waals surface area (Å²) < 4.78 is 2.24. The number of rotatable bonds is 5. The van der Waals surface area contributed by atoms with E-state index in [-0.39, 0.29) is 0 Å². The maximum absolute atomic E-state index is 5.20. The number of aromatic nitrogens is 4. The van der Waals surface area contributed by atoms with E-state index < -0.39 is 0 Å². The number of fused-ring (bicyclic) bond motifs is 3. The fourth-order valence-electron chi connectivity index (χ4n) is 6.60. The molecule has 0 N–H and O–H groups in total. The van der Waals surface area contributed by atoms with Crippen molar-refractivity contribution in [1.82, 2.24) is 19.5 Å². The van der Waals surface area contributed by atoms with E-state index in [4.69, 9.17) is 15.0 Å². The van der Waals surface area contributed by atoms with Crippen molar-refractivity contribution in [3.05, 3.63) is 170 Å². The lowest BCUT2D eigenvalue weighted by molar-refractivity contribution is 1.10. The molecule has 0 saturated heterocycles. The molecule has 2 heterocycles. The summed E-state index contributed by atoms with van der Waals surface area (Å²) in [5.74, 6) is 0.924. The van der Waals surface area contributed by atoms with Gasteiger partial charge in [-0.25, -0.2) is 15.0 Å². The molecule has 4 nitrogen and oxygen atoms in total. The van der Waals surface area contributed by atoms with Crippen molar-refractivity contribution in [1.29, 1.82) is 0 Å². The molecule has 0 radical (unpaired) electrons. The Kier molecular flexibility index (Phi) is 6.43. The predicted molar refractivity (Wildman–Crippen MR) is 193 cm³/mol. The van der Waals surface area contributed by atoms with Gasteiger partial charge < -0.3 is 0 Å². The van der Waals surface area contributed by atoms with Crippen molar-refractivity contribution in [2.45, 2.75) is 0 Å². The maximum Gasteiger partial charge on any atom is 0.145 e. The Morgan fingerprint density at radius 3 is 1.60 bits per heavy atom. The summed E-state index contributed by atoms with van der Waals surface area (Å²) in [4.78, 5) is 15.4. The molecule has 0 bridgehead atoms. The molecular formula is C43H28N4. The van der Waals surface area contributed by atoms with Crippen LogP contribution in [0.4, 0.5) is 0 Å². The van der Waals surface area contributed by atoms with Gasteiger partial charge in [0.15, 0.2) is 0 Å². The number of imidazole rings is 1. The van der Waals surface area contributed by atoms with Gasteiger partial charge in [-0.1, -0.05) is 133 Å². The van der Waals surface area contributed by atoms with Gasteiger partial charge in [-0.05, 0) is 58.3 Å². The van der Waals surface area contributed by atoms with E-state index in [1.165, 1.54) is 10.9 Å². The summed E-state index contributed by atoms with van der Waals surface area (Å²) in [6.45, 7) is 0. The smallest absolute Gasteiger partial charge is 0.145 e. The second kappa shape index (κ2) is 11.2. The minimum Gasteiger partial charge on any atom is -0.292 e. The standard InChI is InChI=1S/C43H28N4/c1-3-13-30(14-4-1)41-42(45-38-20-10-9-19-37(38)44-41)36-28-27-33(34-17-7-8-18-35(34)36)29-23-25-31(26-24-29)43-46-39-21-11-12-22-40(39)47(43)32-15-5-2-6-16-32/h1-28H. The van der Waals surface area contributed by atoms with Crippen LogP contribution in [0.15, 0.2) is 170 Å². The first-order valence-electron chi connectivity index (χ1n) is 15.8. The SMILES string of the molecule is c1ccc(-c2nc3ccccc3nc2-c2ccc(-c3ccc(-c4nc5ccccc5n4-c4ccccc4)cc3)c3ccccc23)cc1. The number of para-hydroxylation sites is 5. The molecule has 2 aromatic heterocycles. The van der Waals surface area contributed by atoms with Crippen LogP contribution in [0, 0.1) is 0 Å². The Morgan fingerprint density at radius 2 is 0.872 bits per heavy atom. The highest BCUT2D eigenvalue weighted by molar-refractivity contribution is 6.06. The fraction of sp³-hybridized carbons (Fsp3) is 0. The van der Waals surface area contributed by atoms with Gasteiger partial charge in [0.25, 0.3) is 0 Å². The van der Waals surface area contributed by atoms with Gasteiger partial charge in [0.1, 0.15) is 5.82 Å². The lowest BCUT2D eigenvalue weighted by atomic mass is 9.92. The molecule has 7 aromatic carbocycles. The van der Waals surface area contributed by atoms with Crippen LogP contribution in [0.1, 0.15) is 0 Å². The third-order valence-corrected chi connectivity index (χ3v) is 8.83. The van der Waals surface area contributed by atoms with E-state index in [2.05, 4.69) is 132 Å². The summed E-state index contributed by atoms with van der Waals surface area (Å²) in [5.41, 5.74) is 12.2. The van der Waals surface area contributed by atoms with E-state index in [9.17, 15) is 0 Å². The van der Waals surface area contributed by atoms with Crippen LogP contribution >= 0.6 is 0 Å². The third-order valence-electron chi connectivity index (χ3n) is 8.83. The van der Waals surface area contributed by atoms with Gasteiger partial charge in [-0.15, -0.1) is 0 Å². The Labute approximate surface area is 272 Å². The van der Waals surface area contributed by atoms with Crippen LogP contribution < -0.4 is 0 Å². The largest absolute Gasteiger partial charge is 0.292 e. The summed E-state index contributed by atoms with van der Waals surface area (Å²) >= 11 is 0. The molecule has 9 rings (SSSR count). The van der Waals surface area contributed by atoms with Crippen molar-refractivity contribution < 1.29 is 0 Å². The molecule has 0 atom stereocenters. The lowest BCUT2D eigenvalue weighted by Gasteiger charge is -2.15. The Bertz CT molecular complexity index is 2550. The Morgan fingerprint density at radius 1 is 0.340 bits per heavy atom.